The van der Waals surface area contributed by atoms with E-state index in [4.69, 9.17) is 0 Å². The number of carbonyl (C=O) groups is 2. The average molecular weight is 327 g/mol. The fourth-order valence-corrected chi connectivity index (χ4v) is 4.01. The van der Waals surface area contributed by atoms with Gasteiger partial charge in [0.25, 0.3) is 5.91 Å². The minimum absolute atomic E-state index is 0.0414. The summed E-state index contributed by atoms with van der Waals surface area (Å²) < 4.78 is 3.55. The Morgan fingerprint density at radius 1 is 1.25 bits per heavy atom. The zero-order valence-electron chi connectivity index (χ0n) is 13.9. The minimum Gasteiger partial charge on any atom is -0.347 e. The summed E-state index contributed by atoms with van der Waals surface area (Å²) in [6.07, 6.45) is 7.47. The van der Waals surface area contributed by atoms with Gasteiger partial charge < -0.3 is 14.4 Å². The van der Waals surface area contributed by atoms with Gasteiger partial charge >= 0.3 is 0 Å². The highest BCUT2D eigenvalue weighted by Crippen LogP contribution is 2.35. The number of hydrogen-bond donors (Lipinski definition) is 0. The van der Waals surface area contributed by atoms with Crippen molar-refractivity contribution in [2.45, 2.75) is 31.3 Å². The predicted octanol–water partition coefficient (Wildman–Crippen LogP) is 1.17. The molecule has 0 unspecified atom stereocenters. The lowest BCUT2D eigenvalue weighted by atomic mass is 9.95. The van der Waals surface area contributed by atoms with Crippen LogP contribution >= 0.6 is 0 Å². The normalized spacial score (nSPS) is 23.7. The monoisotopic (exact) mass is 327 g/mol. The van der Waals surface area contributed by atoms with Gasteiger partial charge in [0.05, 0.1) is 24.0 Å². The Morgan fingerprint density at radius 2 is 2.08 bits per heavy atom. The van der Waals surface area contributed by atoms with Gasteiger partial charge in [-0.25, -0.2) is 0 Å². The lowest BCUT2D eigenvalue weighted by molar-refractivity contribution is -0.120. The molecule has 2 aliphatic heterocycles. The molecule has 7 nitrogen and oxygen atoms in total. The molecule has 0 N–H and O–H groups in total. The highest BCUT2D eigenvalue weighted by molar-refractivity contribution is 5.97. The number of aryl methyl sites for hydroxylation is 2. The fourth-order valence-electron chi connectivity index (χ4n) is 4.01. The Balaban J connectivity index is 1.62. The molecule has 0 bridgehead atoms. The van der Waals surface area contributed by atoms with Crippen molar-refractivity contribution in [2.75, 3.05) is 11.4 Å². The number of amides is 2. The Labute approximate surface area is 140 Å². The molecular weight excluding hydrogens is 306 g/mol. The van der Waals surface area contributed by atoms with Crippen LogP contribution in [0.15, 0.2) is 30.7 Å². The van der Waals surface area contributed by atoms with E-state index < -0.39 is 0 Å². The number of rotatable bonds is 2. The Morgan fingerprint density at radius 3 is 2.75 bits per heavy atom. The van der Waals surface area contributed by atoms with Gasteiger partial charge in [0.2, 0.25) is 5.91 Å². The quantitative estimate of drug-likeness (QED) is 0.832. The van der Waals surface area contributed by atoms with Gasteiger partial charge in [-0.15, -0.1) is 0 Å². The zero-order valence-corrected chi connectivity index (χ0v) is 13.9. The van der Waals surface area contributed by atoms with Crippen molar-refractivity contribution in [3.63, 3.8) is 0 Å². The molecule has 2 amide bonds. The number of hydrogen-bond acceptors (Lipinski definition) is 3. The second-order valence-corrected chi connectivity index (χ2v) is 6.60. The van der Waals surface area contributed by atoms with Gasteiger partial charge in [-0.05, 0) is 25.0 Å². The molecule has 0 aliphatic carbocycles. The molecule has 2 aromatic heterocycles. The molecule has 4 heterocycles. The first-order valence-corrected chi connectivity index (χ1v) is 8.29. The summed E-state index contributed by atoms with van der Waals surface area (Å²) in [4.78, 5) is 29.2. The van der Waals surface area contributed by atoms with Crippen LogP contribution in [0.1, 0.15) is 29.8 Å². The summed E-state index contributed by atoms with van der Waals surface area (Å²) in [6, 6.07) is 3.85. The van der Waals surface area contributed by atoms with Gasteiger partial charge in [0.1, 0.15) is 5.69 Å². The fraction of sp³-hybridized carbons (Fsp3) is 0.471. The van der Waals surface area contributed by atoms with Crippen molar-refractivity contribution >= 4 is 17.5 Å². The Kier molecular flexibility index (Phi) is 3.44. The van der Waals surface area contributed by atoms with Crippen LogP contribution < -0.4 is 4.90 Å². The van der Waals surface area contributed by atoms with Crippen LogP contribution in [0.2, 0.25) is 0 Å². The van der Waals surface area contributed by atoms with E-state index >= 15 is 0 Å². The SMILES string of the molecule is Cn1cc(N2C(=O)CC[C@@H]3[C@H]2CCN3C(=O)c2cccn2C)cn1. The van der Waals surface area contributed by atoms with E-state index in [1.807, 2.05) is 53.0 Å². The van der Waals surface area contributed by atoms with E-state index in [2.05, 4.69) is 5.10 Å². The standard InChI is InChI=1S/C17H21N5O2/c1-19-8-3-4-15(19)17(24)21-9-7-14-13(21)5-6-16(23)22(14)12-10-18-20(2)11-12/h3-4,8,10-11,13-14H,5-7,9H2,1-2H3/t13-,14-/m1/s1. The lowest BCUT2D eigenvalue weighted by Gasteiger charge is -2.39. The number of nitrogens with zero attached hydrogens (tertiary/aromatic N) is 5. The van der Waals surface area contributed by atoms with Crippen LogP contribution in [-0.2, 0) is 18.9 Å². The van der Waals surface area contributed by atoms with E-state index in [1.54, 1.807) is 10.9 Å². The van der Waals surface area contributed by atoms with Gasteiger partial charge in [-0.1, -0.05) is 0 Å². The van der Waals surface area contributed by atoms with Crippen molar-refractivity contribution in [2.24, 2.45) is 14.1 Å². The average Bonchev–Trinajstić information content (AvgIpc) is 3.26. The molecule has 4 rings (SSSR count). The van der Waals surface area contributed by atoms with Crippen LogP contribution in [0.3, 0.4) is 0 Å². The summed E-state index contributed by atoms with van der Waals surface area (Å²) in [5.41, 5.74) is 1.52. The highest BCUT2D eigenvalue weighted by atomic mass is 16.2. The van der Waals surface area contributed by atoms with E-state index in [1.165, 1.54) is 0 Å². The maximum Gasteiger partial charge on any atom is 0.270 e. The summed E-state index contributed by atoms with van der Waals surface area (Å²) >= 11 is 0. The molecule has 2 aliphatic rings. The second kappa shape index (κ2) is 5.51. The zero-order chi connectivity index (χ0) is 16.8. The third-order valence-electron chi connectivity index (χ3n) is 5.16. The topological polar surface area (TPSA) is 63.4 Å². The first-order chi connectivity index (χ1) is 11.6. The number of carbonyl (C=O) groups excluding carboxylic acids is 2. The van der Waals surface area contributed by atoms with Crippen LogP contribution in [0.4, 0.5) is 5.69 Å². The summed E-state index contributed by atoms with van der Waals surface area (Å²) in [5.74, 6) is 0.174. The molecule has 2 aromatic rings. The molecular formula is C17H21N5O2. The number of likely N-dealkylation sites (tertiary alicyclic amines) is 1. The third-order valence-corrected chi connectivity index (χ3v) is 5.16. The van der Waals surface area contributed by atoms with Gasteiger partial charge in [-0.2, -0.15) is 5.10 Å². The molecule has 0 radical (unpaired) electrons. The van der Waals surface area contributed by atoms with E-state index in [9.17, 15) is 9.59 Å². The van der Waals surface area contributed by atoms with Crippen molar-refractivity contribution in [3.8, 4) is 0 Å². The van der Waals surface area contributed by atoms with Crippen molar-refractivity contribution in [1.82, 2.24) is 19.2 Å². The van der Waals surface area contributed by atoms with Crippen molar-refractivity contribution < 1.29 is 9.59 Å². The van der Waals surface area contributed by atoms with Gasteiger partial charge in [0, 0.05) is 39.5 Å². The molecule has 2 fully saturated rings. The predicted molar refractivity (Wildman–Crippen MR) is 88.6 cm³/mol. The highest BCUT2D eigenvalue weighted by Gasteiger charge is 2.46. The number of fused-ring (bicyclic) bond motifs is 1. The first-order valence-electron chi connectivity index (χ1n) is 8.29. The third kappa shape index (κ3) is 2.23. The minimum atomic E-state index is 0.0414. The first kappa shape index (κ1) is 15.0. The van der Waals surface area contributed by atoms with Crippen LogP contribution in [0, 0.1) is 0 Å². The van der Waals surface area contributed by atoms with E-state index in [0.717, 1.165) is 18.5 Å². The van der Waals surface area contributed by atoms with Crippen LogP contribution in [0.25, 0.3) is 0 Å². The lowest BCUT2D eigenvalue weighted by Crippen LogP contribution is -2.53. The van der Waals surface area contributed by atoms with Gasteiger partial charge in [-0.3, -0.25) is 14.3 Å². The van der Waals surface area contributed by atoms with Crippen molar-refractivity contribution in [1.29, 1.82) is 0 Å². The molecule has 2 saturated heterocycles. The molecule has 2 atom stereocenters. The van der Waals surface area contributed by atoms with Gasteiger partial charge in [0.15, 0.2) is 0 Å². The maximum absolute atomic E-state index is 12.9. The molecule has 126 valence electrons. The van der Waals surface area contributed by atoms with Crippen LogP contribution in [0.5, 0.6) is 0 Å². The second-order valence-electron chi connectivity index (χ2n) is 6.60. The van der Waals surface area contributed by atoms with E-state index in [-0.39, 0.29) is 23.9 Å². The number of aromatic nitrogens is 3. The maximum atomic E-state index is 12.9. The van der Waals surface area contributed by atoms with E-state index in [0.29, 0.717) is 18.7 Å². The Hall–Kier alpha value is -2.57. The summed E-state index contributed by atoms with van der Waals surface area (Å²) in [6.45, 7) is 0.684. The Bertz CT molecular complexity index is 793. The number of anilines is 1. The number of piperidine rings is 1. The summed E-state index contributed by atoms with van der Waals surface area (Å²) in [7, 11) is 3.72. The largest absolute Gasteiger partial charge is 0.347 e. The molecule has 24 heavy (non-hydrogen) atoms. The smallest absolute Gasteiger partial charge is 0.270 e. The summed E-state index contributed by atoms with van der Waals surface area (Å²) in [5, 5.41) is 4.19. The van der Waals surface area contributed by atoms with Crippen LogP contribution in [-0.4, -0.2) is 49.7 Å². The molecule has 0 spiro atoms. The molecule has 0 saturated carbocycles. The van der Waals surface area contributed by atoms with Crippen molar-refractivity contribution in [3.05, 3.63) is 36.4 Å². The molecule has 7 heteroatoms. The molecule has 0 aromatic carbocycles.